The van der Waals surface area contributed by atoms with Gasteiger partial charge in [-0.1, -0.05) is 41.4 Å². The second-order valence-electron chi connectivity index (χ2n) is 7.52. The lowest BCUT2D eigenvalue weighted by Crippen LogP contribution is -2.28. The molecule has 0 radical (unpaired) electrons. The first-order valence-corrected chi connectivity index (χ1v) is 8.98. The molecule has 0 saturated heterocycles. The summed E-state index contributed by atoms with van der Waals surface area (Å²) in [5.74, 6) is -1.12. The minimum Gasteiger partial charge on any atom is -0.479 e. The highest BCUT2D eigenvalue weighted by Gasteiger charge is 2.32. The second-order valence-corrected chi connectivity index (χ2v) is 7.87. The maximum absolute atomic E-state index is 11.8. The molecule has 0 bridgehead atoms. The van der Waals surface area contributed by atoms with Crippen molar-refractivity contribution < 1.29 is 14.6 Å². The minimum absolute atomic E-state index is 0.188. The average Bonchev–Trinajstić information content (AvgIpc) is 2.97. The number of aliphatic carboxylic acids is 1. The number of aromatic nitrogens is 3. The molecule has 3 rings (SSSR count). The van der Waals surface area contributed by atoms with Gasteiger partial charge in [-0.3, -0.25) is 0 Å². The molecule has 6 nitrogen and oxygen atoms in total. The van der Waals surface area contributed by atoms with Gasteiger partial charge in [0.2, 0.25) is 0 Å². The Bertz CT molecular complexity index is 1000. The van der Waals surface area contributed by atoms with E-state index in [4.69, 9.17) is 16.3 Å². The highest BCUT2D eigenvalue weighted by atomic mass is 35.5. The number of hydrogen-bond donors (Lipinski definition) is 1. The van der Waals surface area contributed by atoms with Gasteiger partial charge in [0.25, 0.3) is 0 Å². The van der Waals surface area contributed by atoms with Crippen LogP contribution < -0.4 is 0 Å². The van der Waals surface area contributed by atoms with Gasteiger partial charge in [0.1, 0.15) is 5.15 Å². The Morgan fingerprint density at radius 2 is 1.85 bits per heavy atom. The van der Waals surface area contributed by atoms with E-state index in [0.717, 1.165) is 11.1 Å². The summed E-state index contributed by atoms with van der Waals surface area (Å²) in [5.41, 5.74) is 3.50. The number of ether oxygens (including phenoxy) is 1. The minimum atomic E-state index is -1.23. The molecule has 0 amide bonds. The van der Waals surface area contributed by atoms with Crippen LogP contribution in [0, 0.1) is 13.8 Å². The van der Waals surface area contributed by atoms with E-state index < -0.39 is 17.7 Å². The molecule has 1 atom stereocenters. The number of nitrogens with zero attached hydrogens (tertiary/aromatic N) is 3. The highest BCUT2D eigenvalue weighted by Crippen LogP contribution is 2.33. The SMILES string of the molecule is Cc1ccc(-c2cc3nc(C)c(C(OC(C)(C)C)C(=O)O)c(Cl)n3n2)cc1. The standard InChI is InChI=1S/C20H22ClN3O3/c1-11-6-8-13(9-7-11)14-10-15-22-12(2)16(18(21)24(15)23-14)17(19(25)26)27-20(3,4)5/h6-10,17H,1-5H3,(H,25,26). The quantitative estimate of drug-likeness (QED) is 0.661. The molecule has 0 saturated carbocycles. The molecular formula is C20H22ClN3O3. The van der Waals surface area contributed by atoms with Crippen molar-refractivity contribution in [1.82, 2.24) is 14.6 Å². The smallest absolute Gasteiger partial charge is 0.337 e. The van der Waals surface area contributed by atoms with E-state index in [1.807, 2.05) is 37.3 Å². The van der Waals surface area contributed by atoms with E-state index in [9.17, 15) is 9.90 Å². The van der Waals surface area contributed by atoms with Crippen LogP contribution in [-0.2, 0) is 9.53 Å². The van der Waals surface area contributed by atoms with Gasteiger partial charge in [0.15, 0.2) is 11.8 Å². The van der Waals surface area contributed by atoms with E-state index in [1.165, 1.54) is 4.52 Å². The molecule has 1 unspecified atom stereocenters. The molecule has 1 aromatic carbocycles. The van der Waals surface area contributed by atoms with Crippen molar-refractivity contribution in [3.63, 3.8) is 0 Å². The lowest BCUT2D eigenvalue weighted by molar-refractivity contribution is -0.160. The van der Waals surface area contributed by atoms with Crippen LogP contribution >= 0.6 is 11.6 Å². The van der Waals surface area contributed by atoms with Gasteiger partial charge in [-0.25, -0.2) is 14.3 Å². The molecule has 2 heterocycles. The van der Waals surface area contributed by atoms with Crippen LogP contribution in [0.3, 0.4) is 0 Å². The average molecular weight is 388 g/mol. The predicted octanol–water partition coefficient (Wildman–Crippen LogP) is 4.61. The zero-order valence-corrected chi connectivity index (χ0v) is 16.7. The summed E-state index contributed by atoms with van der Waals surface area (Å²) < 4.78 is 7.19. The zero-order valence-electron chi connectivity index (χ0n) is 15.9. The van der Waals surface area contributed by atoms with Crippen LogP contribution in [0.2, 0.25) is 5.15 Å². The molecule has 0 aliphatic rings. The number of halogens is 1. The summed E-state index contributed by atoms with van der Waals surface area (Å²) in [5, 5.41) is 14.4. The summed E-state index contributed by atoms with van der Waals surface area (Å²) in [6.07, 6.45) is -1.23. The van der Waals surface area contributed by atoms with Crippen molar-refractivity contribution in [2.45, 2.75) is 46.3 Å². The first kappa shape index (κ1) is 19.3. The lowest BCUT2D eigenvalue weighted by Gasteiger charge is -2.26. The monoisotopic (exact) mass is 387 g/mol. The van der Waals surface area contributed by atoms with Gasteiger partial charge in [0, 0.05) is 17.3 Å². The Hall–Kier alpha value is -2.44. The van der Waals surface area contributed by atoms with E-state index in [0.29, 0.717) is 22.6 Å². The van der Waals surface area contributed by atoms with Gasteiger partial charge < -0.3 is 9.84 Å². The van der Waals surface area contributed by atoms with Crippen LogP contribution in [0.5, 0.6) is 0 Å². The number of rotatable bonds is 4. The summed E-state index contributed by atoms with van der Waals surface area (Å²) in [7, 11) is 0. The summed E-state index contributed by atoms with van der Waals surface area (Å²) in [6, 6.07) is 9.78. The summed E-state index contributed by atoms with van der Waals surface area (Å²) in [4.78, 5) is 16.3. The zero-order chi connectivity index (χ0) is 19.9. The normalized spacial score (nSPS) is 13.1. The van der Waals surface area contributed by atoms with Crippen molar-refractivity contribution in [2.75, 3.05) is 0 Å². The third-order valence-corrected chi connectivity index (χ3v) is 4.44. The largest absolute Gasteiger partial charge is 0.479 e. The van der Waals surface area contributed by atoms with Gasteiger partial charge in [0.05, 0.1) is 16.9 Å². The number of hydrogen-bond acceptors (Lipinski definition) is 4. The topological polar surface area (TPSA) is 76.7 Å². The van der Waals surface area contributed by atoms with Crippen molar-refractivity contribution in [3.05, 3.63) is 52.3 Å². The molecule has 0 spiro atoms. The maximum atomic E-state index is 11.8. The third-order valence-electron chi connectivity index (χ3n) is 4.08. The molecule has 142 valence electrons. The lowest BCUT2D eigenvalue weighted by atomic mass is 10.1. The van der Waals surface area contributed by atoms with Gasteiger partial charge in [-0.2, -0.15) is 5.10 Å². The van der Waals surface area contributed by atoms with Crippen LogP contribution in [0.1, 0.15) is 43.7 Å². The van der Waals surface area contributed by atoms with Crippen LogP contribution in [0.15, 0.2) is 30.3 Å². The molecule has 3 aromatic rings. The van der Waals surface area contributed by atoms with Gasteiger partial charge in [-0.15, -0.1) is 0 Å². The van der Waals surface area contributed by atoms with Crippen molar-refractivity contribution in [2.24, 2.45) is 0 Å². The predicted molar refractivity (Wildman–Crippen MR) is 104 cm³/mol. The third kappa shape index (κ3) is 3.96. The van der Waals surface area contributed by atoms with Crippen molar-refractivity contribution in [3.8, 4) is 11.3 Å². The number of aryl methyl sites for hydroxylation is 2. The van der Waals surface area contributed by atoms with E-state index in [1.54, 1.807) is 27.7 Å². The molecule has 7 heteroatoms. The summed E-state index contributed by atoms with van der Waals surface area (Å²) in [6.45, 7) is 9.12. The molecule has 2 aromatic heterocycles. The van der Waals surface area contributed by atoms with Gasteiger partial charge in [-0.05, 0) is 34.6 Å². The molecule has 0 fully saturated rings. The van der Waals surface area contributed by atoms with E-state index in [-0.39, 0.29) is 5.15 Å². The number of carboxylic acid groups (broad SMARTS) is 1. The molecule has 0 aliphatic heterocycles. The highest BCUT2D eigenvalue weighted by molar-refractivity contribution is 6.30. The van der Waals surface area contributed by atoms with E-state index >= 15 is 0 Å². The maximum Gasteiger partial charge on any atom is 0.337 e. The van der Waals surface area contributed by atoms with Gasteiger partial charge >= 0.3 is 5.97 Å². The summed E-state index contributed by atoms with van der Waals surface area (Å²) >= 11 is 6.56. The fourth-order valence-electron chi connectivity index (χ4n) is 2.84. The van der Waals surface area contributed by atoms with Crippen molar-refractivity contribution >= 4 is 23.2 Å². The Kier molecular flexibility index (Phi) is 4.97. The molecule has 0 aliphatic carbocycles. The first-order valence-electron chi connectivity index (χ1n) is 8.60. The van der Waals surface area contributed by atoms with Crippen LogP contribution in [0.25, 0.3) is 16.9 Å². The number of carboxylic acids is 1. The Morgan fingerprint density at radius 1 is 1.22 bits per heavy atom. The molecule has 1 N–H and O–H groups in total. The number of fused-ring (bicyclic) bond motifs is 1. The fourth-order valence-corrected chi connectivity index (χ4v) is 3.20. The Balaban J connectivity index is 2.15. The molecule has 27 heavy (non-hydrogen) atoms. The van der Waals surface area contributed by atoms with E-state index in [2.05, 4.69) is 10.1 Å². The van der Waals surface area contributed by atoms with Crippen molar-refractivity contribution in [1.29, 1.82) is 0 Å². The van der Waals surface area contributed by atoms with Crippen LogP contribution in [0.4, 0.5) is 0 Å². The first-order chi connectivity index (χ1) is 12.6. The van der Waals surface area contributed by atoms with Crippen LogP contribution in [-0.4, -0.2) is 31.3 Å². The second kappa shape index (κ2) is 6.94. The fraction of sp³-hybridized carbons (Fsp3) is 0.350. The number of carbonyl (C=O) groups is 1. The Labute approximate surface area is 162 Å². The Morgan fingerprint density at radius 3 is 2.41 bits per heavy atom. The molecular weight excluding hydrogens is 366 g/mol. The number of benzene rings is 1.